The van der Waals surface area contributed by atoms with E-state index in [9.17, 15) is 43.2 Å². The van der Waals surface area contributed by atoms with E-state index >= 15 is 0 Å². The first-order valence-electron chi connectivity index (χ1n) is 25.9. The number of carbonyl (C=O) groups excluding carboxylic acids is 8. The van der Waals surface area contributed by atoms with Gasteiger partial charge in [0, 0.05) is 40.0 Å². The maximum absolute atomic E-state index is 13.0. The van der Waals surface area contributed by atoms with Crippen molar-refractivity contribution in [1.82, 2.24) is 41.3 Å². The number of rotatable bonds is 24. The van der Waals surface area contributed by atoms with Crippen LogP contribution in [-0.4, -0.2) is 168 Å². The SMILES string of the molecule is C=CCCCCC(=O)N(C)[C@H](C(=O)N[C@@H](C)C(=O)N1CCC[C@@H](C(=O)OCC(Cl)(Cl)Cl)N1)C(C)C.C=CCCCCC(=O)O.CC(C)[C@@H](C(=O)N[C@@H](C)C(=O)N1CCC[C@@H](C(=O)OCC(Cl)(Cl)Cl)N1)N(C)C(=O)OC(C)(C)C. The minimum Gasteiger partial charge on any atom is -0.481 e. The van der Waals surface area contributed by atoms with Crippen molar-refractivity contribution >= 4 is 123 Å². The van der Waals surface area contributed by atoms with E-state index in [1.807, 2.05) is 26.0 Å². The minimum absolute atomic E-state index is 0.129. The highest BCUT2D eigenvalue weighted by molar-refractivity contribution is 6.68. The summed E-state index contributed by atoms with van der Waals surface area (Å²) in [6.45, 7) is 22.6. The van der Waals surface area contributed by atoms with Crippen LogP contribution in [0.1, 0.15) is 139 Å². The number of hydrogen-bond acceptors (Lipinski definition) is 14. The first-order chi connectivity index (χ1) is 36.0. The number of halogens is 6. The average molecular weight is 1230 g/mol. The number of allylic oxidation sites excluding steroid dienone is 2. The number of aliphatic carboxylic acids is 1. The van der Waals surface area contributed by atoms with E-state index in [2.05, 4.69) is 34.6 Å². The van der Waals surface area contributed by atoms with E-state index < -0.39 is 110 Å². The molecule has 78 heavy (non-hydrogen) atoms. The molecular weight excluding hydrogens is 1150 g/mol. The summed E-state index contributed by atoms with van der Waals surface area (Å²) >= 11 is 33.6. The maximum Gasteiger partial charge on any atom is 0.410 e. The lowest BCUT2D eigenvalue weighted by Crippen LogP contribution is -2.61. The summed E-state index contributed by atoms with van der Waals surface area (Å²) in [5, 5.41) is 16.1. The van der Waals surface area contributed by atoms with E-state index in [1.165, 1.54) is 33.8 Å². The highest BCUT2D eigenvalue weighted by atomic mass is 35.6. The van der Waals surface area contributed by atoms with Crippen LogP contribution >= 0.6 is 69.6 Å². The first kappa shape index (κ1) is 74.2. The molecular formula is C51H84Cl6N8O13. The summed E-state index contributed by atoms with van der Waals surface area (Å²) in [6.07, 6.45) is 10.6. The van der Waals surface area contributed by atoms with Crippen molar-refractivity contribution in [3.63, 3.8) is 0 Å². The predicted octanol–water partition coefficient (Wildman–Crippen LogP) is 7.74. The quantitative estimate of drug-likeness (QED) is 0.0204. The van der Waals surface area contributed by atoms with Gasteiger partial charge in [0.1, 0.15) is 55.1 Å². The van der Waals surface area contributed by atoms with Crippen LogP contribution in [0.4, 0.5) is 4.79 Å². The van der Waals surface area contributed by atoms with Crippen LogP contribution in [0.5, 0.6) is 0 Å². The molecule has 2 fully saturated rings. The molecule has 2 heterocycles. The molecule has 448 valence electrons. The third kappa shape index (κ3) is 30.7. The van der Waals surface area contributed by atoms with Gasteiger partial charge in [0.05, 0.1) is 0 Å². The fraction of sp³-hybridized carbons (Fsp3) is 0.745. The van der Waals surface area contributed by atoms with Gasteiger partial charge in [-0.1, -0.05) is 109 Å². The van der Waals surface area contributed by atoms with Crippen LogP contribution in [0, 0.1) is 11.8 Å². The molecule has 21 nitrogen and oxygen atoms in total. The number of ether oxygens (including phenoxy) is 3. The lowest BCUT2D eigenvalue weighted by atomic mass is 10.0. The third-order valence-electron chi connectivity index (χ3n) is 11.5. The van der Waals surface area contributed by atoms with Crippen LogP contribution in [0.2, 0.25) is 0 Å². The number of carboxylic acid groups (broad SMARTS) is 1. The van der Waals surface area contributed by atoms with Crippen LogP contribution in [0.15, 0.2) is 25.3 Å². The zero-order valence-corrected chi connectivity index (χ0v) is 51.4. The summed E-state index contributed by atoms with van der Waals surface area (Å²) in [4.78, 5) is 114. The largest absolute Gasteiger partial charge is 0.481 e. The van der Waals surface area contributed by atoms with Gasteiger partial charge in [0.15, 0.2) is 0 Å². The second-order valence-electron chi connectivity index (χ2n) is 20.5. The van der Waals surface area contributed by atoms with Gasteiger partial charge < -0.3 is 34.9 Å². The van der Waals surface area contributed by atoms with Crippen LogP contribution < -0.4 is 21.5 Å². The Morgan fingerprint density at radius 1 is 0.641 bits per heavy atom. The van der Waals surface area contributed by atoms with Crippen molar-refractivity contribution in [3.8, 4) is 0 Å². The van der Waals surface area contributed by atoms with Gasteiger partial charge in [-0.25, -0.2) is 15.6 Å². The van der Waals surface area contributed by atoms with Crippen LogP contribution in [0.25, 0.3) is 0 Å². The number of hydrazine groups is 2. The van der Waals surface area contributed by atoms with Gasteiger partial charge in [-0.3, -0.25) is 53.3 Å². The first-order valence-corrected chi connectivity index (χ1v) is 28.1. The molecule has 2 aliphatic heterocycles. The molecule has 6 amide bonds. The Bertz CT molecular complexity index is 1990. The number of amides is 6. The third-order valence-corrected chi connectivity index (χ3v) is 12.2. The Labute approximate surface area is 490 Å². The molecule has 2 rings (SSSR count). The second kappa shape index (κ2) is 36.5. The molecule has 5 N–H and O–H groups in total. The van der Waals surface area contributed by atoms with Crippen molar-refractivity contribution in [2.45, 2.75) is 189 Å². The van der Waals surface area contributed by atoms with Crippen molar-refractivity contribution < 1.29 is 62.5 Å². The maximum atomic E-state index is 13.0. The molecule has 0 aliphatic carbocycles. The molecule has 0 saturated carbocycles. The number of unbranched alkanes of at least 4 members (excludes halogenated alkanes) is 4. The topological polar surface area (TPSA) is 263 Å². The predicted molar refractivity (Wildman–Crippen MR) is 302 cm³/mol. The Morgan fingerprint density at radius 3 is 1.35 bits per heavy atom. The molecule has 0 radical (unpaired) electrons. The number of nitrogens with zero attached hydrogens (tertiary/aromatic N) is 4. The number of carboxylic acids is 1. The molecule has 0 bridgehead atoms. The van der Waals surface area contributed by atoms with Gasteiger partial charge in [0.25, 0.3) is 11.8 Å². The lowest BCUT2D eigenvalue weighted by molar-refractivity contribution is -0.154. The van der Waals surface area contributed by atoms with Crippen molar-refractivity contribution in [3.05, 3.63) is 25.3 Å². The Balaban J connectivity index is 0.00000131. The summed E-state index contributed by atoms with van der Waals surface area (Å²) in [7, 11) is 3.08. The van der Waals surface area contributed by atoms with Gasteiger partial charge >= 0.3 is 24.0 Å². The second-order valence-corrected chi connectivity index (χ2v) is 25.5. The molecule has 27 heteroatoms. The zero-order chi connectivity index (χ0) is 60.3. The summed E-state index contributed by atoms with van der Waals surface area (Å²) < 4.78 is 11.9. The number of hydrogen-bond donors (Lipinski definition) is 5. The highest BCUT2D eigenvalue weighted by Crippen LogP contribution is 2.27. The van der Waals surface area contributed by atoms with E-state index in [0.29, 0.717) is 51.6 Å². The smallest absolute Gasteiger partial charge is 0.410 e. The molecule has 2 saturated heterocycles. The molecule has 0 unspecified atom stereocenters. The molecule has 6 atom stereocenters. The monoisotopic (exact) mass is 1230 g/mol. The Kier molecular flexibility index (Phi) is 34.7. The van der Waals surface area contributed by atoms with Crippen molar-refractivity contribution in [1.29, 1.82) is 0 Å². The Hall–Kier alpha value is -3.83. The highest BCUT2D eigenvalue weighted by Gasteiger charge is 2.38. The molecule has 0 aromatic carbocycles. The number of carbonyl (C=O) groups is 9. The van der Waals surface area contributed by atoms with Crippen LogP contribution in [0.3, 0.4) is 0 Å². The van der Waals surface area contributed by atoms with E-state index in [-0.39, 0.29) is 24.2 Å². The van der Waals surface area contributed by atoms with Gasteiger partial charge in [-0.15, -0.1) is 13.2 Å². The lowest BCUT2D eigenvalue weighted by Gasteiger charge is -2.35. The normalized spacial score (nSPS) is 17.2. The number of nitrogens with one attached hydrogen (secondary N) is 4. The average Bonchev–Trinajstić information content (AvgIpc) is 3.33. The van der Waals surface area contributed by atoms with Crippen LogP contribution in [-0.2, 0) is 52.6 Å². The number of alkyl halides is 6. The van der Waals surface area contributed by atoms with E-state index in [4.69, 9.17) is 88.9 Å². The van der Waals surface area contributed by atoms with Crippen molar-refractivity contribution in [2.75, 3.05) is 40.4 Å². The van der Waals surface area contributed by atoms with Crippen molar-refractivity contribution in [2.24, 2.45) is 11.8 Å². The van der Waals surface area contributed by atoms with E-state index in [1.54, 1.807) is 48.6 Å². The number of esters is 2. The van der Waals surface area contributed by atoms with Gasteiger partial charge in [-0.2, -0.15) is 0 Å². The zero-order valence-electron chi connectivity index (χ0n) is 46.9. The summed E-state index contributed by atoms with van der Waals surface area (Å²) in [5.41, 5.74) is 4.91. The molecule has 2 aliphatic rings. The summed E-state index contributed by atoms with van der Waals surface area (Å²) in [5.74, 6) is -4.33. The molecule has 0 aromatic rings. The fourth-order valence-corrected chi connectivity index (χ4v) is 8.01. The summed E-state index contributed by atoms with van der Waals surface area (Å²) in [6, 6.07) is -4.97. The molecule has 0 spiro atoms. The fourth-order valence-electron chi connectivity index (χ4n) is 7.69. The standard InChI is InChI=1S/C23H37Cl3N4O5.C21H35Cl3N4O6.C7H12O2/c1-6-7-8-9-12-18(31)29(5)19(15(2)3)20(32)27-16(4)21(33)30-13-10-11-17(28-30)22(34)35-14-23(24,25)26;1-12(2)15(27(7)19(32)34-20(4,5)6)16(29)25-13(3)17(30)28-10-8-9-14(26-28)18(31)33-11-21(22,23)24;1-2-3-4-5-6-7(8)9/h6,15-17,19,28H,1,7-14H2,2-5H3,(H,27,32);12-15,26H,8-11H2,1-7H3,(H,25,29);2H,1,3-6H2,(H,8,9)/t16-,17-,19-;13-,14-,15-;/m00./s1. The van der Waals surface area contributed by atoms with E-state index in [0.717, 1.165) is 32.1 Å². The van der Waals surface area contributed by atoms with Gasteiger partial charge in [-0.05, 0) is 111 Å². The Morgan fingerprint density at radius 2 is 1.01 bits per heavy atom. The molecule has 0 aromatic heterocycles. The van der Waals surface area contributed by atoms with Gasteiger partial charge in [0.2, 0.25) is 25.3 Å². The number of likely N-dealkylation sites (N-methyl/N-ethyl adjacent to an activating group) is 2. The minimum atomic E-state index is -1.74.